The number of ether oxygens (including phenoxy) is 1. The van der Waals surface area contributed by atoms with Gasteiger partial charge in [-0.05, 0) is 26.7 Å². The van der Waals surface area contributed by atoms with Gasteiger partial charge in [0.1, 0.15) is 0 Å². The number of hydrazine groups is 1. The van der Waals surface area contributed by atoms with Gasteiger partial charge in [0.2, 0.25) is 0 Å². The van der Waals surface area contributed by atoms with Gasteiger partial charge < -0.3 is 4.74 Å². The van der Waals surface area contributed by atoms with E-state index in [-0.39, 0.29) is 11.6 Å². The fourth-order valence-corrected chi connectivity index (χ4v) is 0.773. The third-order valence-electron chi connectivity index (χ3n) is 1.71. The van der Waals surface area contributed by atoms with Gasteiger partial charge in [0.05, 0.1) is 12.2 Å². The average Bonchev–Trinajstić information content (AvgIpc) is 1.85. The molecule has 0 amide bonds. The zero-order chi connectivity index (χ0) is 9.78. The van der Waals surface area contributed by atoms with Crippen molar-refractivity contribution in [1.82, 2.24) is 5.43 Å². The van der Waals surface area contributed by atoms with Gasteiger partial charge in [0.15, 0.2) is 0 Å². The zero-order valence-corrected chi connectivity index (χ0v) is 8.85. The van der Waals surface area contributed by atoms with Gasteiger partial charge in [0, 0.05) is 6.04 Å². The highest BCUT2D eigenvalue weighted by Crippen LogP contribution is 2.09. The minimum absolute atomic E-state index is 0.0794. The first kappa shape index (κ1) is 11.9. The quantitative estimate of drug-likeness (QED) is 0.498. The van der Waals surface area contributed by atoms with Gasteiger partial charge >= 0.3 is 0 Å². The van der Waals surface area contributed by atoms with Crippen LogP contribution in [0.5, 0.6) is 0 Å². The maximum Gasteiger partial charge on any atom is 0.0642 e. The van der Waals surface area contributed by atoms with Crippen LogP contribution in [-0.4, -0.2) is 18.2 Å². The molecule has 0 aromatic carbocycles. The van der Waals surface area contributed by atoms with Crippen molar-refractivity contribution in [3.63, 3.8) is 0 Å². The summed E-state index contributed by atoms with van der Waals surface area (Å²) in [6.45, 7) is 11.0. The lowest BCUT2D eigenvalue weighted by Crippen LogP contribution is -2.44. The predicted octanol–water partition coefficient (Wildman–Crippen LogP) is 1.29. The minimum Gasteiger partial charge on any atom is -0.374 e. The summed E-state index contributed by atoms with van der Waals surface area (Å²) in [6.07, 6.45) is 0. The summed E-state index contributed by atoms with van der Waals surface area (Å²) in [5.74, 6) is 5.87. The smallest absolute Gasteiger partial charge is 0.0642 e. The Balaban J connectivity index is 3.73. The summed E-state index contributed by atoms with van der Waals surface area (Å²) in [6, 6.07) is 0.240. The Morgan fingerprint density at radius 2 is 1.83 bits per heavy atom. The summed E-state index contributed by atoms with van der Waals surface area (Å²) < 4.78 is 5.60. The molecule has 0 saturated heterocycles. The van der Waals surface area contributed by atoms with E-state index in [1.165, 1.54) is 0 Å². The van der Waals surface area contributed by atoms with E-state index in [1.54, 1.807) is 0 Å². The van der Waals surface area contributed by atoms with Crippen molar-refractivity contribution >= 4 is 0 Å². The van der Waals surface area contributed by atoms with E-state index in [9.17, 15) is 0 Å². The number of rotatable bonds is 4. The maximum atomic E-state index is 5.60. The van der Waals surface area contributed by atoms with Crippen LogP contribution < -0.4 is 11.3 Å². The first-order chi connectivity index (χ1) is 5.37. The van der Waals surface area contributed by atoms with E-state index in [1.807, 2.05) is 20.8 Å². The Kier molecular flexibility index (Phi) is 4.75. The molecule has 0 aliphatic carbocycles. The highest BCUT2D eigenvalue weighted by molar-refractivity contribution is 4.69. The fourth-order valence-electron chi connectivity index (χ4n) is 0.773. The first-order valence-electron chi connectivity index (χ1n) is 4.47. The lowest BCUT2D eigenvalue weighted by atomic mass is 10.1. The molecule has 0 bridgehead atoms. The summed E-state index contributed by atoms with van der Waals surface area (Å²) in [5, 5.41) is 0. The molecule has 3 heteroatoms. The third kappa shape index (κ3) is 5.52. The Bertz CT molecular complexity index is 118. The summed E-state index contributed by atoms with van der Waals surface area (Å²) in [5.41, 5.74) is 2.67. The largest absolute Gasteiger partial charge is 0.374 e. The van der Waals surface area contributed by atoms with Crippen LogP contribution in [0, 0.1) is 5.92 Å². The van der Waals surface area contributed by atoms with Gasteiger partial charge in [-0.1, -0.05) is 13.8 Å². The summed E-state index contributed by atoms with van der Waals surface area (Å²) in [4.78, 5) is 0. The van der Waals surface area contributed by atoms with Crippen molar-refractivity contribution in [3.8, 4) is 0 Å². The molecule has 0 aliphatic rings. The van der Waals surface area contributed by atoms with Crippen molar-refractivity contribution in [3.05, 3.63) is 0 Å². The highest BCUT2D eigenvalue weighted by Gasteiger charge is 2.16. The van der Waals surface area contributed by atoms with Crippen LogP contribution in [0.4, 0.5) is 0 Å². The zero-order valence-electron chi connectivity index (χ0n) is 8.85. The molecule has 0 aromatic rings. The lowest BCUT2D eigenvalue weighted by molar-refractivity contribution is -0.0201. The molecule has 0 saturated carbocycles. The molecule has 1 atom stereocenters. The first-order valence-corrected chi connectivity index (χ1v) is 4.47. The Morgan fingerprint density at radius 3 is 2.08 bits per heavy atom. The Morgan fingerprint density at radius 1 is 1.33 bits per heavy atom. The Labute approximate surface area is 75.6 Å². The van der Waals surface area contributed by atoms with Crippen LogP contribution >= 0.6 is 0 Å². The maximum absolute atomic E-state index is 5.60. The standard InChI is InChI=1S/C9H22N2O/c1-7(2)8(11-10)6-12-9(3,4)5/h7-8,11H,6,10H2,1-5H3. The van der Waals surface area contributed by atoms with Crippen molar-refractivity contribution in [2.24, 2.45) is 11.8 Å². The fraction of sp³-hybridized carbons (Fsp3) is 1.00. The molecule has 74 valence electrons. The Hall–Kier alpha value is -0.120. The van der Waals surface area contributed by atoms with Gasteiger partial charge in [-0.25, -0.2) is 0 Å². The van der Waals surface area contributed by atoms with Crippen LogP contribution in [-0.2, 0) is 4.74 Å². The number of nitrogens with one attached hydrogen (secondary N) is 1. The molecule has 0 fully saturated rings. The van der Waals surface area contributed by atoms with Crippen LogP contribution in [0.2, 0.25) is 0 Å². The van der Waals surface area contributed by atoms with E-state index in [2.05, 4.69) is 19.3 Å². The normalized spacial score (nSPS) is 15.2. The van der Waals surface area contributed by atoms with Crippen molar-refractivity contribution in [2.75, 3.05) is 6.61 Å². The molecular formula is C9H22N2O. The lowest BCUT2D eigenvalue weighted by Gasteiger charge is -2.26. The average molecular weight is 174 g/mol. The molecule has 0 heterocycles. The topological polar surface area (TPSA) is 47.3 Å². The molecule has 3 N–H and O–H groups in total. The highest BCUT2D eigenvalue weighted by atomic mass is 16.5. The number of nitrogens with two attached hydrogens (primary N) is 1. The molecular weight excluding hydrogens is 152 g/mol. The van der Waals surface area contributed by atoms with Crippen molar-refractivity contribution in [1.29, 1.82) is 0 Å². The van der Waals surface area contributed by atoms with E-state index >= 15 is 0 Å². The molecule has 0 radical (unpaired) electrons. The van der Waals surface area contributed by atoms with E-state index < -0.39 is 0 Å². The van der Waals surface area contributed by atoms with Gasteiger partial charge in [-0.2, -0.15) is 0 Å². The monoisotopic (exact) mass is 174 g/mol. The third-order valence-corrected chi connectivity index (χ3v) is 1.71. The van der Waals surface area contributed by atoms with Gasteiger partial charge in [-0.3, -0.25) is 11.3 Å². The van der Waals surface area contributed by atoms with Crippen LogP contribution in [0.15, 0.2) is 0 Å². The van der Waals surface area contributed by atoms with Crippen LogP contribution in [0.1, 0.15) is 34.6 Å². The van der Waals surface area contributed by atoms with Crippen LogP contribution in [0.25, 0.3) is 0 Å². The predicted molar refractivity (Wildman–Crippen MR) is 51.7 cm³/mol. The second kappa shape index (κ2) is 4.80. The van der Waals surface area contributed by atoms with Gasteiger partial charge in [0.25, 0.3) is 0 Å². The molecule has 3 nitrogen and oxygen atoms in total. The van der Waals surface area contributed by atoms with E-state index in [0.717, 1.165) is 0 Å². The molecule has 0 rings (SSSR count). The number of hydrogen-bond acceptors (Lipinski definition) is 3. The molecule has 0 aliphatic heterocycles. The molecule has 12 heavy (non-hydrogen) atoms. The van der Waals surface area contributed by atoms with Crippen LogP contribution in [0.3, 0.4) is 0 Å². The molecule has 0 spiro atoms. The second-order valence-corrected chi connectivity index (χ2v) is 4.44. The molecule has 1 unspecified atom stereocenters. The second-order valence-electron chi connectivity index (χ2n) is 4.44. The van der Waals surface area contributed by atoms with Gasteiger partial charge in [-0.15, -0.1) is 0 Å². The van der Waals surface area contributed by atoms with E-state index in [4.69, 9.17) is 10.6 Å². The molecule has 0 aromatic heterocycles. The summed E-state index contributed by atoms with van der Waals surface area (Å²) in [7, 11) is 0. The van der Waals surface area contributed by atoms with Crippen molar-refractivity contribution < 1.29 is 4.74 Å². The number of hydrogen-bond donors (Lipinski definition) is 2. The minimum atomic E-state index is -0.0794. The summed E-state index contributed by atoms with van der Waals surface area (Å²) >= 11 is 0. The van der Waals surface area contributed by atoms with Crippen molar-refractivity contribution in [2.45, 2.75) is 46.3 Å². The van der Waals surface area contributed by atoms with E-state index in [0.29, 0.717) is 12.5 Å². The SMILES string of the molecule is CC(C)C(COC(C)(C)C)NN.